The Morgan fingerprint density at radius 3 is 2.77 bits per heavy atom. The summed E-state index contributed by atoms with van der Waals surface area (Å²) in [6.45, 7) is 5.68. The van der Waals surface area contributed by atoms with E-state index in [0.29, 0.717) is 41.1 Å². The Kier molecular flexibility index (Phi) is 5.96. The molecule has 0 bridgehead atoms. The zero-order chi connectivity index (χ0) is 18.7. The van der Waals surface area contributed by atoms with Gasteiger partial charge in [-0.2, -0.15) is 0 Å². The van der Waals surface area contributed by atoms with E-state index in [1.807, 2.05) is 48.4 Å². The molecule has 2 heterocycles. The normalized spacial score (nSPS) is 14.8. The van der Waals surface area contributed by atoms with Gasteiger partial charge in [0.1, 0.15) is 16.6 Å². The van der Waals surface area contributed by atoms with Gasteiger partial charge in [-0.25, -0.2) is 4.98 Å². The smallest absolute Gasteiger partial charge is 0.135 e. The lowest BCUT2D eigenvalue weighted by molar-refractivity contribution is 0.0742. The average Bonchev–Trinajstić information content (AvgIpc) is 3.17. The second-order valence-electron chi connectivity index (χ2n) is 6.41. The van der Waals surface area contributed by atoms with E-state index >= 15 is 0 Å². The lowest BCUT2D eigenvalue weighted by Crippen LogP contribution is -2.28. The molecular weight excluding hydrogens is 370 g/mol. The van der Waals surface area contributed by atoms with Crippen LogP contribution in [-0.4, -0.2) is 46.6 Å². The van der Waals surface area contributed by atoms with Gasteiger partial charge in [0.25, 0.3) is 0 Å². The minimum Gasteiger partial charge on any atom is -0.510 e. The number of hydrogen-bond donors (Lipinski definition) is 2. The molecule has 1 aromatic carbocycles. The number of halogens is 1. The Bertz CT molecular complexity index is 814. The first kappa shape index (κ1) is 18.9. The van der Waals surface area contributed by atoms with E-state index < -0.39 is 0 Å². The van der Waals surface area contributed by atoms with E-state index in [4.69, 9.17) is 21.7 Å². The summed E-state index contributed by atoms with van der Waals surface area (Å²) in [5.74, 6) is 0.529. The van der Waals surface area contributed by atoms with Crippen molar-refractivity contribution in [3.05, 3.63) is 45.4 Å². The van der Waals surface area contributed by atoms with Gasteiger partial charge in [0.05, 0.1) is 23.9 Å². The Labute approximate surface area is 162 Å². The molecule has 0 saturated heterocycles. The predicted molar refractivity (Wildman–Crippen MR) is 107 cm³/mol. The maximum absolute atomic E-state index is 10.4. The van der Waals surface area contributed by atoms with Gasteiger partial charge in [-0.1, -0.05) is 23.7 Å². The van der Waals surface area contributed by atoms with Crippen LogP contribution in [0.25, 0.3) is 16.8 Å². The van der Waals surface area contributed by atoms with Crippen LogP contribution >= 0.6 is 22.9 Å². The molecule has 0 saturated carbocycles. The Morgan fingerprint density at radius 2 is 2.08 bits per heavy atom. The van der Waals surface area contributed by atoms with Gasteiger partial charge in [0.15, 0.2) is 0 Å². The summed E-state index contributed by atoms with van der Waals surface area (Å²) >= 11 is 7.36. The highest BCUT2D eigenvalue weighted by Crippen LogP contribution is 2.32. The lowest BCUT2D eigenvalue weighted by atomic mass is 10.2. The van der Waals surface area contributed by atoms with Gasteiger partial charge >= 0.3 is 0 Å². The summed E-state index contributed by atoms with van der Waals surface area (Å²) in [5, 5.41) is 22.0. The first-order valence-electron chi connectivity index (χ1n) is 8.55. The quantitative estimate of drug-likeness (QED) is 0.662. The molecule has 26 heavy (non-hydrogen) atoms. The van der Waals surface area contributed by atoms with Crippen LogP contribution in [0.5, 0.6) is 0 Å². The summed E-state index contributed by atoms with van der Waals surface area (Å²) in [6, 6.07) is 7.48. The van der Waals surface area contributed by atoms with Crippen LogP contribution in [0.3, 0.4) is 0 Å². The van der Waals surface area contributed by atoms with E-state index in [0.717, 1.165) is 17.7 Å². The monoisotopic (exact) mass is 391 g/mol. The van der Waals surface area contributed by atoms with Crippen molar-refractivity contribution in [2.45, 2.75) is 26.4 Å². The van der Waals surface area contributed by atoms with E-state index in [2.05, 4.69) is 4.98 Å². The number of nitrogens with zero attached hydrogens (tertiary/aromatic N) is 2. The molecular formula is C19H22ClN3O2S. The molecule has 3 rings (SSSR count). The summed E-state index contributed by atoms with van der Waals surface area (Å²) in [7, 11) is 0. The molecule has 7 heteroatoms. The lowest BCUT2D eigenvalue weighted by Gasteiger charge is -2.18. The number of thiazole rings is 1. The molecule has 1 aliphatic rings. The molecule has 0 atom stereocenters. The van der Waals surface area contributed by atoms with Crippen LogP contribution in [0, 0.1) is 5.41 Å². The summed E-state index contributed by atoms with van der Waals surface area (Å²) in [5.41, 5.74) is 2.31. The SMILES string of the molecule is CC(C)OCCCN1CC(O)=C(c2nc(-c3ccc(Cl)cc3)cs2)C1=N. The molecule has 0 unspecified atom stereocenters. The first-order valence-corrected chi connectivity index (χ1v) is 9.81. The molecule has 0 amide bonds. The minimum atomic E-state index is 0.205. The molecule has 1 aliphatic heterocycles. The molecule has 0 aliphatic carbocycles. The zero-order valence-corrected chi connectivity index (χ0v) is 16.4. The maximum Gasteiger partial charge on any atom is 0.135 e. The maximum atomic E-state index is 10.4. The number of amidine groups is 1. The third-order valence-electron chi connectivity index (χ3n) is 4.06. The van der Waals surface area contributed by atoms with Crippen LogP contribution in [-0.2, 0) is 4.74 Å². The van der Waals surface area contributed by atoms with Gasteiger partial charge in [0.2, 0.25) is 0 Å². The van der Waals surface area contributed by atoms with Crippen LogP contribution in [0.1, 0.15) is 25.3 Å². The van der Waals surface area contributed by atoms with Crippen molar-refractivity contribution in [3.63, 3.8) is 0 Å². The van der Waals surface area contributed by atoms with Gasteiger partial charge in [-0.3, -0.25) is 5.41 Å². The fourth-order valence-corrected chi connectivity index (χ4v) is 3.79. The van der Waals surface area contributed by atoms with Gasteiger partial charge in [-0.15, -0.1) is 11.3 Å². The molecule has 1 aromatic heterocycles. The number of benzene rings is 1. The standard InChI is InChI=1S/C19H22ClN3O2S/c1-12(2)25-9-3-8-23-10-16(24)17(18(23)21)19-22-15(11-26-19)13-4-6-14(20)7-5-13/h4-7,11-12,21,24H,3,8-10H2,1-2H3. The number of nitrogens with one attached hydrogen (secondary N) is 1. The van der Waals surface area contributed by atoms with Crippen molar-refractivity contribution in [1.82, 2.24) is 9.88 Å². The number of aliphatic hydroxyl groups excluding tert-OH is 1. The highest BCUT2D eigenvalue weighted by atomic mass is 35.5. The summed E-state index contributed by atoms with van der Waals surface area (Å²) < 4.78 is 5.54. The molecule has 0 spiro atoms. The Hall–Kier alpha value is -1.89. The van der Waals surface area contributed by atoms with Gasteiger partial charge in [-0.05, 0) is 32.4 Å². The molecule has 2 N–H and O–H groups in total. The van der Waals surface area contributed by atoms with Crippen molar-refractivity contribution in [3.8, 4) is 11.3 Å². The van der Waals surface area contributed by atoms with Crippen LogP contribution in [0.4, 0.5) is 0 Å². The third kappa shape index (κ3) is 4.26. The van der Waals surface area contributed by atoms with Crippen LogP contribution in [0.15, 0.2) is 35.4 Å². The van der Waals surface area contributed by atoms with Crippen molar-refractivity contribution >= 4 is 34.3 Å². The molecule has 5 nitrogen and oxygen atoms in total. The van der Waals surface area contributed by atoms with Crippen molar-refractivity contribution in [2.24, 2.45) is 0 Å². The molecule has 138 valence electrons. The first-order chi connectivity index (χ1) is 12.5. The van der Waals surface area contributed by atoms with E-state index in [-0.39, 0.29) is 11.9 Å². The van der Waals surface area contributed by atoms with Crippen LogP contribution in [0.2, 0.25) is 5.02 Å². The van der Waals surface area contributed by atoms with Crippen LogP contribution < -0.4 is 0 Å². The minimum absolute atomic E-state index is 0.205. The van der Waals surface area contributed by atoms with Crippen molar-refractivity contribution in [2.75, 3.05) is 19.7 Å². The second kappa shape index (κ2) is 8.20. The average molecular weight is 392 g/mol. The number of rotatable bonds is 7. The van der Waals surface area contributed by atoms with Gasteiger partial charge in [0, 0.05) is 29.1 Å². The third-order valence-corrected chi connectivity index (χ3v) is 5.18. The van der Waals surface area contributed by atoms with Crippen molar-refractivity contribution < 1.29 is 9.84 Å². The Balaban J connectivity index is 1.68. The zero-order valence-electron chi connectivity index (χ0n) is 14.8. The topological polar surface area (TPSA) is 69.4 Å². The number of ether oxygens (including phenoxy) is 1. The number of aliphatic hydroxyl groups is 1. The van der Waals surface area contributed by atoms with Gasteiger partial charge < -0.3 is 14.7 Å². The highest BCUT2D eigenvalue weighted by molar-refractivity contribution is 7.11. The summed E-state index contributed by atoms with van der Waals surface area (Å²) in [4.78, 5) is 6.47. The fraction of sp³-hybridized carbons (Fsp3) is 0.368. The molecule has 2 aromatic rings. The van der Waals surface area contributed by atoms with E-state index in [1.165, 1.54) is 11.3 Å². The number of hydrogen-bond acceptors (Lipinski definition) is 5. The molecule has 0 radical (unpaired) electrons. The fourth-order valence-electron chi connectivity index (χ4n) is 2.77. The number of aromatic nitrogens is 1. The summed E-state index contributed by atoms with van der Waals surface area (Å²) in [6.07, 6.45) is 1.02. The van der Waals surface area contributed by atoms with Crippen molar-refractivity contribution in [1.29, 1.82) is 5.41 Å². The Morgan fingerprint density at radius 1 is 1.35 bits per heavy atom. The largest absolute Gasteiger partial charge is 0.510 e. The predicted octanol–water partition coefficient (Wildman–Crippen LogP) is 4.84. The highest BCUT2D eigenvalue weighted by Gasteiger charge is 2.29. The van der Waals surface area contributed by atoms with E-state index in [1.54, 1.807) is 0 Å². The molecule has 0 fully saturated rings. The second-order valence-corrected chi connectivity index (χ2v) is 7.70. The van der Waals surface area contributed by atoms with E-state index in [9.17, 15) is 5.11 Å².